The zero-order valence-electron chi connectivity index (χ0n) is 15.2. The van der Waals surface area contributed by atoms with Crippen molar-refractivity contribution in [2.75, 3.05) is 20.2 Å². The van der Waals surface area contributed by atoms with E-state index < -0.39 is 18.0 Å². The lowest BCUT2D eigenvalue weighted by Gasteiger charge is -2.17. The third kappa shape index (κ3) is 3.13. The molecule has 29 heavy (non-hydrogen) atoms. The molecule has 9 heteroatoms. The molecule has 0 aliphatic carbocycles. The van der Waals surface area contributed by atoms with Gasteiger partial charge in [-0.3, -0.25) is 0 Å². The molecule has 0 saturated carbocycles. The lowest BCUT2D eigenvalue weighted by molar-refractivity contribution is 0.0110. The molecule has 0 aromatic heterocycles. The van der Waals surface area contributed by atoms with Crippen molar-refractivity contribution < 1.29 is 33.5 Å². The standard InChI is InChI=1S/C20H16N2O7/c21-22-18-13(8-24-7-11-1-3-14-16(5-11)27-9-25-14)19(29-20(18)23)12-2-4-15-17(6-12)28-10-26-15/h1-6,13,19H,7-10H2/p+1/t13-,19+/m0/s1. The molecule has 0 amide bonds. The summed E-state index contributed by atoms with van der Waals surface area (Å²) in [6, 6.07) is 10.9. The molecule has 0 bridgehead atoms. The highest BCUT2D eigenvalue weighted by molar-refractivity contribution is 5.46. The van der Waals surface area contributed by atoms with E-state index in [4.69, 9.17) is 28.4 Å². The van der Waals surface area contributed by atoms with Gasteiger partial charge in [-0.1, -0.05) is 12.1 Å². The molecule has 3 aliphatic heterocycles. The van der Waals surface area contributed by atoms with Gasteiger partial charge in [0.05, 0.1) is 13.2 Å². The molecule has 148 valence electrons. The van der Waals surface area contributed by atoms with Crippen molar-refractivity contribution in [2.24, 2.45) is 5.92 Å². The van der Waals surface area contributed by atoms with Crippen LogP contribution in [0.2, 0.25) is 0 Å². The highest BCUT2D eigenvalue weighted by Crippen LogP contribution is 2.44. The third-order valence-corrected chi connectivity index (χ3v) is 5.01. The number of benzene rings is 2. The van der Waals surface area contributed by atoms with Gasteiger partial charge in [-0.2, -0.15) is 0 Å². The average Bonchev–Trinajstić information content (AvgIpc) is 3.45. The van der Waals surface area contributed by atoms with Gasteiger partial charge in [-0.25, -0.2) is 0 Å². The van der Waals surface area contributed by atoms with E-state index in [0.29, 0.717) is 29.6 Å². The Bertz CT molecular complexity index is 1030. The highest BCUT2D eigenvalue weighted by Gasteiger charge is 2.48. The summed E-state index contributed by atoms with van der Waals surface area (Å²) in [6.07, 6.45) is -0.591. The second-order valence-electron chi connectivity index (χ2n) is 6.75. The molecule has 0 unspecified atom stereocenters. The number of nitrogens with zero attached hydrogens (tertiary/aromatic N) is 2. The highest BCUT2D eigenvalue weighted by atomic mass is 16.7. The number of ether oxygens (including phenoxy) is 6. The van der Waals surface area contributed by atoms with Crippen molar-refractivity contribution in [1.82, 2.24) is 0 Å². The van der Waals surface area contributed by atoms with E-state index in [9.17, 15) is 10.5 Å². The van der Waals surface area contributed by atoms with Crippen molar-refractivity contribution in [3.8, 4) is 23.0 Å². The van der Waals surface area contributed by atoms with E-state index in [-0.39, 0.29) is 25.9 Å². The first-order valence-electron chi connectivity index (χ1n) is 9.03. The zero-order valence-corrected chi connectivity index (χ0v) is 15.2. The Morgan fingerprint density at radius 2 is 1.66 bits per heavy atom. The normalized spacial score (nSPS) is 21.2. The number of aliphatic hydroxyl groups is 1. The summed E-state index contributed by atoms with van der Waals surface area (Å²) < 4.78 is 32.8. The molecule has 1 N–H and O–H groups in total. The largest absolute Gasteiger partial charge is 0.475 e. The van der Waals surface area contributed by atoms with Crippen LogP contribution in [0.4, 0.5) is 0 Å². The van der Waals surface area contributed by atoms with Crippen LogP contribution in [-0.4, -0.2) is 25.3 Å². The maximum atomic E-state index is 10.1. The average molecular weight is 397 g/mol. The van der Waals surface area contributed by atoms with Crippen molar-refractivity contribution in [3.63, 3.8) is 0 Å². The SMILES string of the molecule is N#[N+]C1=C(O)O[C@H](c2ccc3c(c2)OCO3)[C@H]1COCc1ccc2c(c1)OCO2. The number of aliphatic hydroxyl groups excluding tert-OH is 1. The molecular formula is C20H17N2O7+. The van der Waals surface area contributed by atoms with Crippen LogP contribution in [0.3, 0.4) is 0 Å². The lowest BCUT2D eigenvalue weighted by atomic mass is 9.95. The molecule has 3 heterocycles. The lowest BCUT2D eigenvalue weighted by Crippen LogP contribution is -2.17. The molecule has 9 nitrogen and oxygen atoms in total. The molecule has 0 saturated heterocycles. The summed E-state index contributed by atoms with van der Waals surface area (Å²) in [6.45, 7) is 0.840. The first-order valence-corrected chi connectivity index (χ1v) is 9.03. The van der Waals surface area contributed by atoms with Crippen LogP contribution in [0.1, 0.15) is 17.2 Å². The maximum absolute atomic E-state index is 10.1. The van der Waals surface area contributed by atoms with Crippen molar-refractivity contribution in [3.05, 3.63) is 64.1 Å². The van der Waals surface area contributed by atoms with Gasteiger partial charge in [0.25, 0.3) is 0 Å². The molecule has 0 fully saturated rings. The fourth-order valence-electron chi connectivity index (χ4n) is 3.57. The monoisotopic (exact) mass is 397 g/mol. The zero-order chi connectivity index (χ0) is 19.8. The molecular weight excluding hydrogens is 380 g/mol. The minimum Gasteiger partial charge on any atom is -0.475 e. The third-order valence-electron chi connectivity index (χ3n) is 5.01. The second kappa shape index (κ2) is 7.07. The van der Waals surface area contributed by atoms with Gasteiger partial charge in [0.2, 0.25) is 19.0 Å². The summed E-state index contributed by atoms with van der Waals surface area (Å²) in [4.78, 5) is 3.20. The number of diazo groups is 1. The first kappa shape index (κ1) is 17.5. The maximum Gasteiger partial charge on any atom is 0.449 e. The van der Waals surface area contributed by atoms with Crippen molar-refractivity contribution in [2.45, 2.75) is 12.7 Å². The predicted molar refractivity (Wildman–Crippen MR) is 96.8 cm³/mol. The van der Waals surface area contributed by atoms with Gasteiger partial charge >= 0.3 is 11.6 Å². The molecule has 5 rings (SSSR count). The predicted octanol–water partition coefficient (Wildman–Crippen LogP) is 3.63. The van der Waals surface area contributed by atoms with Crippen molar-refractivity contribution >= 4 is 0 Å². The minimum absolute atomic E-state index is 0.0401. The van der Waals surface area contributed by atoms with Gasteiger partial charge in [-0.05, 0) is 35.4 Å². The van der Waals surface area contributed by atoms with Gasteiger partial charge in [0.1, 0.15) is 12.0 Å². The Balaban J connectivity index is 1.31. The van der Waals surface area contributed by atoms with Crippen molar-refractivity contribution in [1.29, 1.82) is 5.39 Å². The van der Waals surface area contributed by atoms with Crippen LogP contribution in [0.15, 0.2) is 48.0 Å². The molecule has 0 radical (unpaired) electrons. The van der Waals surface area contributed by atoms with Crippen LogP contribution >= 0.6 is 0 Å². The Hall–Kier alpha value is -3.64. The number of fused-ring (bicyclic) bond motifs is 2. The molecule has 2 aromatic carbocycles. The Morgan fingerprint density at radius 3 is 2.41 bits per heavy atom. The van der Waals surface area contributed by atoms with E-state index in [2.05, 4.69) is 4.98 Å². The quantitative estimate of drug-likeness (QED) is 0.763. The van der Waals surface area contributed by atoms with Crippen LogP contribution in [0.5, 0.6) is 23.0 Å². The summed E-state index contributed by atoms with van der Waals surface area (Å²) >= 11 is 0. The van der Waals surface area contributed by atoms with Crippen LogP contribution in [0.25, 0.3) is 4.98 Å². The van der Waals surface area contributed by atoms with Crippen LogP contribution in [0, 0.1) is 11.3 Å². The molecule has 2 aromatic rings. The number of hydrogen-bond acceptors (Lipinski definition) is 8. The first-order chi connectivity index (χ1) is 14.2. The minimum atomic E-state index is -0.591. The second-order valence-corrected chi connectivity index (χ2v) is 6.75. The van der Waals surface area contributed by atoms with E-state index in [1.165, 1.54) is 0 Å². The Labute approximate surface area is 165 Å². The molecule has 0 spiro atoms. The topological polar surface area (TPSA) is 104 Å². The van der Waals surface area contributed by atoms with E-state index >= 15 is 0 Å². The molecule has 3 aliphatic rings. The number of rotatable bonds is 5. The van der Waals surface area contributed by atoms with E-state index in [1.807, 2.05) is 24.3 Å². The smallest absolute Gasteiger partial charge is 0.449 e. The van der Waals surface area contributed by atoms with Crippen LogP contribution in [-0.2, 0) is 16.1 Å². The fourth-order valence-corrected chi connectivity index (χ4v) is 3.57. The molecule has 2 atom stereocenters. The fraction of sp³-hybridized carbons (Fsp3) is 0.300. The summed E-state index contributed by atoms with van der Waals surface area (Å²) in [5, 5.41) is 19.4. The Morgan fingerprint density at radius 1 is 0.966 bits per heavy atom. The summed E-state index contributed by atoms with van der Waals surface area (Å²) in [5.74, 6) is 1.69. The summed E-state index contributed by atoms with van der Waals surface area (Å²) in [5.41, 5.74) is 1.69. The Kier molecular flexibility index (Phi) is 4.26. The van der Waals surface area contributed by atoms with Gasteiger partial charge in [0, 0.05) is 0 Å². The van der Waals surface area contributed by atoms with E-state index in [0.717, 1.165) is 11.1 Å². The van der Waals surface area contributed by atoms with Crippen LogP contribution < -0.4 is 18.9 Å². The number of hydrogen-bond donors (Lipinski definition) is 1. The van der Waals surface area contributed by atoms with E-state index in [1.54, 1.807) is 12.1 Å². The van der Waals surface area contributed by atoms with Gasteiger partial charge in [-0.15, -0.1) is 0 Å². The summed E-state index contributed by atoms with van der Waals surface area (Å²) in [7, 11) is 0. The van der Waals surface area contributed by atoms with Gasteiger partial charge < -0.3 is 33.5 Å². The van der Waals surface area contributed by atoms with Gasteiger partial charge in [0.15, 0.2) is 28.0 Å².